The van der Waals surface area contributed by atoms with E-state index in [9.17, 15) is 4.79 Å². The van der Waals surface area contributed by atoms with Gasteiger partial charge in [0.1, 0.15) is 10.6 Å². The second-order valence-electron chi connectivity index (χ2n) is 5.20. The number of hydrogen-bond donors (Lipinski definition) is 0. The fourth-order valence-corrected chi connectivity index (χ4v) is 3.96. The molecule has 0 atom stereocenters. The first-order valence-electron chi connectivity index (χ1n) is 7.61. The lowest BCUT2D eigenvalue weighted by atomic mass is 10.2. The van der Waals surface area contributed by atoms with E-state index in [2.05, 4.69) is 11.6 Å². The second-order valence-corrected chi connectivity index (χ2v) is 7.16. The number of aryl methyl sites for hydroxylation is 1. The molecule has 0 radical (unpaired) electrons. The number of rotatable bonds is 7. The lowest BCUT2D eigenvalue weighted by Crippen LogP contribution is -2.22. The Bertz CT molecular complexity index is 915. The summed E-state index contributed by atoms with van der Waals surface area (Å²) in [5.74, 6) is 1.61. The number of ether oxygens (including phenoxy) is 1. The minimum absolute atomic E-state index is 0.0107. The number of thiophene rings is 1. The molecule has 0 aliphatic heterocycles. The zero-order chi connectivity index (χ0) is 16.9. The van der Waals surface area contributed by atoms with Crippen molar-refractivity contribution in [1.29, 1.82) is 0 Å². The Morgan fingerprint density at radius 2 is 2.21 bits per heavy atom. The molecule has 6 heteroatoms. The van der Waals surface area contributed by atoms with Gasteiger partial charge in [0.05, 0.1) is 12.0 Å². The molecule has 3 rings (SSSR count). The summed E-state index contributed by atoms with van der Waals surface area (Å²) in [6.45, 7) is 6.77. The summed E-state index contributed by atoms with van der Waals surface area (Å²) in [6, 6.07) is 9.76. The van der Waals surface area contributed by atoms with Gasteiger partial charge in [0.2, 0.25) is 0 Å². The normalized spacial score (nSPS) is 10.9. The summed E-state index contributed by atoms with van der Waals surface area (Å²) >= 11 is 3.02. The summed E-state index contributed by atoms with van der Waals surface area (Å²) in [7, 11) is 0. The number of para-hydroxylation sites is 1. The van der Waals surface area contributed by atoms with Crippen LogP contribution < -0.4 is 10.3 Å². The third-order valence-corrected chi connectivity index (χ3v) is 5.27. The molecular weight excluding hydrogens is 340 g/mol. The molecule has 2 aromatic heterocycles. The number of fused-ring (bicyclic) bond motifs is 1. The molecule has 24 heavy (non-hydrogen) atoms. The molecule has 0 aliphatic carbocycles. The summed E-state index contributed by atoms with van der Waals surface area (Å²) in [5.41, 5.74) is 1.10. The zero-order valence-electron chi connectivity index (χ0n) is 13.4. The van der Waals surface area contributed by atoms with Crippen LogP contribution in [-0.4, -0.2) is 21.9 Å². The number of hydrogen-bond acceptors (Lipinski definition) is 5. The van der Waals surface area contributed by atoms with Gasteiger partial charge in [-0.2, -0.15) is 0 Å². The van der Waals surface area contributed by atoms with Crippen molar-refractivity contribution in [3.05, 3.63) is 64.3 Å². The van der Waals surface area contributed by atoms with Crippen LogP contribution in [-0.2, 0) is 6.54 Å². The van der Waals surface area contributed by atoms with E-state index in [-0.39, 0.29) is 5.56 Å². The highest BCUT2D eigenvalue weighted by Gasteiger charge is 2.11. The summed E-state index contributed by atoms with van der Waals surface area (Å²) in [4.78, 5) is 17.9. The predicted molar refractivity (Wildman–Crippen MR) is 101 cm³/mol. The quantitative estimate of drug-likeness (QED) is 0.276. The highest BCUT2D eigenvalue weighted by Crippen LogP contribution is 2.22. The molecular formula is C18H18N2O2S2. The lowest BCUT2D eigenvalue weighted by Gasteiger charge is -2.11. The molecule has 3 aromatic rings. The first kappa shape index (κ1) is 16.8. The largest absolute Gasteiger partial charge is 0.492 e. The van der Waals surface area contributed by atoms with Crippen molar-refractivity contribution in [2.24, 2.45) is 0 Å². The van der Waals surface area contributed by atoms with E-state index >= 15 is 0 Å². The van der Waals surface area contributed by atoms with Crippen LogP contribution in [0.5, 0.6) is 5.75 Å². The average Bonchev–Trinajstić information content (AvgIpc) is 3.05. The number of benzene rings is 1. The van der Waals surface area contributed by atoms with E-state index in [1.807, 2.05) is 42.6 Å². The van der Waals surface area contributed by atoms with Gasteiger partial charge in [0, 0.05) is 12.3 Å². The van der Waals surface area contributed by atoms with Crippen molar-refractivity contribution in [1.82, 2.24) is 9.55 Å². The highest BCUT2D eigenvalue weighted by molar-refractivity contribution is 7.99. The van der Waals surface area contributed by atoms with Crippen LogP contribution in [0, 0.1) is 6.92 Å². The average molecular weight is 358 g/mol. The fourth-order valence-electron chi connectivity index (χ4n) is 2.33. The lowest BCUT2D eigenvalue weighted by molar-refractivity contribution is 0.341. The molecule has 1 aromatic carbocycles. The zero-order valence-corrected chi connectivity index (χ0v) is 15.0. The van der Waals surface area contributed by atoms with Gasteiger partial charge in [-0.3, -0.25) is 9.36 Å². The van der Waals surface area contributed by atoms with Crippen molar-refractivity contribution >= 4 is 33.3 Å². The number of aromatic nitrogens is 2. The van der Waals surface area contributed by atoms with Crippen molar-refractivity contribution in [2.45, 2.75) is 18.6 Å². The number of nitrogens with zero attached hydrogens (tertiary/aromatic N) is 2. The van der Waals surface area contributed by atoms with Crippen LogP contribution in [0.2, 0.25) is 0 Å². The monoisotopic (exact) mass is 358 g/mol. The van der Waals surface area contributed by atoms with Crippen molar-refractivity contribution in [3.8, 4) is 5.75 Å². The van der Waals surface area contributed by atoms with Crippen LogP contribution in [0.3, 0.4) is 0 Å². The van der Waals surface area contributed by atoms with Gasteiger partial charge in [0.15, 0.2) is 5.16 Å². The molecule has 0 saturated carbocycles. The van der Waals surface area contributed by atoms with E-state index in [0.717, 1.165) is 21.9 Å². The maximum absolute atomic E-state index is 12.5. The molecule has 0 N–H and O–H groups in total. The topological polar surface area (TPSA) is 44.1 Å². The van der Waals surface area contributed by atoms with Gasteiger partial charge in [-0.15, -0.1) is 17.9 Å². The Kier molecular flexibility index (Phi) is 5.37. The Morgan fingerprint density at radius 3 is 3.00 bits per heavy atom. The molecule has 0 aliphatic rings. The third-order valence-electron chi connectivity index (χ3n) is 3.53. The van der Waals surface area contributed by atoms with Gasteiger partial charge in [0.25, 0.3) is 5.56 Å². The summed E-state index contributed by atoms with van der Waals surface area (Å²) in [6.07, 6.45) is 1.72. The van der Waals surface area contributed by atoms with Crippen molar-refractivity contribution in [3.63, 3.8) is 0 Å². The van der Waals surface area contributed by atoms with Gasteiger partial charge in [-0.1, -0.05) is 36.0 Å². The molecule has 4 nitrogen and oxygen atoms in total. The SMILES string of the molecule is C=CCn1c(SCCOc2ccccc2C)nc2sccc2c1=O. The molecule has 0 fully saturated rings. The predicted octanol–water partition coefficient (Wildman–Crippen LogP) is 4.12. The molecule has 0 bridgehead atoms. The van der Waals surface area contributed by atoms with Crippen LogP contribution in [0.1, 0.15) is 5.56 Å². The maximum atomic E-state index is 12.5. The van der Waals surface area contributed by atoms with Crippen molar-refractivity contribution < 1.29 is 4.74 Å². The van der Waals surface area contributed by atoms with Crippen LogP contribution in [0.25, 0.3) is 10.2 Å². The maximum Gasteiger partial charge on any atom is 0.263 e. The van der Waals surface area contributed by atoms with Gasteiger partial charge in [-0.05, 0) is 30.0 Å². The van der Waals surface area contributed by atoms with E-state index in [0.29, 0.717) is 23.7 Å². The highest BCUT2D eigenvalue weighted by atomic mass is 32.2. The first-order chi connectivity index (χ1) is 11.7. The fraction of sp³-hybridized carbons (Fsp3) is 0.222. The molecule has 124 valence electrons. The first-order valence-corrected chi connectivity index (χ1v) is 9.47. The van der Waals surface area contributed by atoms with Crippen LogP contribution >= 0.6 is 23.1 Å². The molecule has 0 amide bonds. The van der Waals surface area contributed by atoms with Crippen LogP contribution in [0.4, 0.5) is 0 Å². The molecule has 0 saturated heterocycles. The Balaban J connectivity index is 1.72. The minimum atomic E-state index is -0.0107. The molecule has 2 heterocycles. The van der Waals surface area contributed by atoms with Gasteiger partial charge in [-0.25, -0.2) is 4.98 Å². The molecule has 0 unspecified atom stereocenters. The second kappa shape index (κ2) is 7.68. The van der Waals surface area contributed by atoms with Crippen LogP contribution in [0.15, 0.2) is 58.3 Å². The Hall–Kier alpha value is -2.05. The van der Waals surface area contributed by atoms with Gasteiger partial charge < -0.3 is 4.74 Å². The third kappa shape index (κ3) is 3.55. The van der Waals surface area contributed by atoms with E-state index in [1.165, 1.54) is 23.1 Å². The standard InChI is InChI=1S/C18H18N2O2S2/c1-3-9-20-17(21)14-8-11-23-16(14)19-18(20)24-12-10-22-15-7-5-4-6-13(15)2/h3-8,11H,1,9-10,12H2,2H3. The summed E-state index contributed by atoms with van der Waals surface area (Å²) < 4.78 is 7.47. The number of allylic oxidation sites excluding steroid dienone is 1. The molecule has 0 spiro atoms. The van der Waals surface area contributed by atoms with E-state index < -0.39 is 0 Å². The van der Waals surface area contributed by atoms with Gasteiger partial charge >= 0.3 is 0 Å². The Labute approximate surface area is 148 Å². The van der Waals surface area contributed by atoms with Crippen molar-refractivity contribution in [2.75, 3.05) is 12.4 Å². The van der Waals surface area contributed by atoms with E-state index in [1.54, 1.807) is 10.6 Å². The number of thioether (sulfide) groups is 1. The minimum Gasteiger partial charge on any atom is -0.492 e. The Morgan fingerprint density at radius 1 is 1.38 bits per heavy atom. The van der Waals surface area contributed by atoms with E-state index in [4.69, 9.17) is 4.74 Å². The summed E-state index contributed by atoms with van der Waals surface area (Å²) in [5, 5.41) is 3.28. The smallest absolute Gasteiger partial charge is 0.263 e.